The molecule has 0 aliphatic carbocycles. The Morgan fingerprint density at radius 2 is 2.24 bits per heavy atom. The van der Waals surface area contributed by atoms with E-state index < -0.39 is 0 Å². The Morgan fingerprint density at radius 3 is 2.92 bits per heavy atom. The summed E-state index contributed by atoms with van der Waals surface area (Å²) < 4.78 is 5.93. The van der Waals surface area contributed by atoms with Crippen molar-refractivity contribution in [2.45, 2.75) is 38.3 Å². The van der Waals surface area contributed by atoms with Crippen LogP contribution in [0, 0.1) is 12.8 Å². The second-order valence-electron chi connectivity index (χ2n) is 6.93. The smallest absolute Gasteiger partial charge is 0.412 e. The first kappa shape index (κ1) is 16.5. The molecule has 0 aromatic carbocycles. The van der Waals surface area contributed by atoms with E-state index in [4.69, 9.17) is 4.74 Å². The number of carbonyl (C=O) groups excluding carboxylic acids is 1. The van der Waals surface area contributed by atoms with Crippen LogP contribution in [0.5, 0.6) is 0 Å². The average Bonchev–Trinajstić information content (AvgIpc) is 3.03. The van der Waals surface area contributed by atoms with Crippen LogP contribution in [0.25, 0.3) is 0 Å². The lowest BCUT2D eigenvalue weighted by molar-refractivity contribution is -0.0741. The third-order valence-corrected chi connectivity index (χ3v) is 6.31. The molecule has 132 valence electrons. The molecule has 0 spiro atoms. The molecule has 1 N–H and O–H groups in total. The van der Waals surface area contributed by atoms with Gasteiger partial charge in [-0.15, -0.1) is 11.3 Å². The number of pyridine rings is 1. The molecule has 6 heteroatoms. The monoisotopic (exact) mass is 357 g/mol. The van der Waals surface area contributed by atoms with Gasteiger partial charge in [0.05, 0.1) is 6.04 Å². The number of hydrogen-bond acceptors (Lipinski definition) is 5. The first-order valence-electron chi connectivity index (χ1n) is 8.85. The van der Waals surface area contributed by atoms with Gasteiger partial charge in [-0.2, -0.15) is 0 Å². The number of anilines is 1. The van der Waals surface area contributed by atoms with Crippen molar-refractivity contribution in [1.29, 1.82) is 0 Å². The highest BCUT2D eigenvalue weighted by atomic mass is 32.1. The number of piperidine rings is 3. The summed E-state index contributed by atoms with van der Waals surface area (Å²) in [4.78, 5) is 19.1. The van der Waals surface area contributed by atoms with E-state index in [1.807, 2.05) is 30.6 Å². The molecule has 0 radical (unpaired) electrons. The molecule has 5 nitrogen and oxygen atoms in total. The summed E-state index contributed by atoms with van der Waals surface area (Å²) in [5, 5.41) is 5.75. The zero-order valence-corrected chi connectivity index (χ0v) is 15.2. The number of fused-ring (bicyclic) bond motifs is 3. The van der Waals surface area contributed by atoms with Crippen LogP contribution in [0.1, 0.15) is 24.0 Å². The highest BCUT2D eigenvalue weighted by Gasteiger charge is 2.44. The summed E-state index contributed by atoms with van der Waals surface area (Å²) >= 11 is 1.53. The molecule has 25 heavy (non-hydrogen) atoms. The summed E-state index contributed by atoms with van der Waals surface area (Å²) in [5.74, 6) is 0.460. The SMILES string of the molecule is Cc1ccsc1NC(=O)OC1C2CCN(CC2)C1Cc1cccnc1. The van der Waals surface area contributed by atoms with E-state index in [0.717, 1.165) is 42.9 Å². The van der Waals surface area contributed by atoms with E-state index in [-0.39, 0.29) is 18.2 Å². The topological polar surface area (TPSA) is 54.5 Å². The van der Waals surface area contributed by atoms with Gasteiger partial charge in [0, 0.05) is 18.3 Å². The highest BCUT2D eigenvalue weighted by Crippen LogP contribution is 2.36. The molecule has 1 amide bonds. The van der Waals surface area contributed by atoms with Crippen molar-refractivity contribution >= 4 is 22.4 Å². The van der Waals surface area contributed by atoms with E-state index >= 15 is 0 Å². The average molecular weight is 357 g/mol. The number of ether oxygens (including phenoxy) is 1. The minimum absolute atomic E-state index is 0.0528. The fraction of sp³-hybridized carbons (Fsp3) is 0.474. The van der Waals surface area contributed by atoms with Crippen LogP contribution in [0.2, 0.25) is 0 Å². The van der Waals surface area contributed by atoms with Crippen molar-refractivity contribution in [2.24, 2.45) is 5.92 Å². The lowest BCUT2D eigenvalue weighted by Gasteiger charge is -2.50. The second-order valence-corrected chi connectivity index (χ2v) is 7.85. The number of thiophene rings is 1. The van der Waals surface area contributed by atoms with E-state index in [2.05, 4.69) is 21.3 Å². The predicted molar refractivity (Wildman–Crippen MR) is 99.0 cm³/mol. The Labute approximate surface area is 152 Å². The molecular weight excluding hydrogens is 334 g/mol. The first-order chi connectivity index (χ1) is 12.2. The van der Waals surface area contributed by atoms with Gasteiger partial charge in [0.2, 0.25) is 0 Å². The number of aromatic nitrogens is 1. The van der Waals surface area contributed by atoms with Gasteiger partial charge in [0.1, 0.15) is 11.1 Å². The van der Waals surface area contributed by atoms with Crippen LogP contribution in [0.3, 0.4) is 0 Å². The lowest BCUT2D eigenvalue weighted by atomic mass is 9.78. The highest BCUT2D eigenvalue weighted by molar-refractivity contribution is 7.14. The van der Waals surface area contributed by atoms with Crippen molar-refractivity contribution in [3.63, 3.8) is 0 Å². The number of hydrogen-bond donors (Lipinski definition) is 1. The van der Waals surface area contributed by atoms with E-state index in [1.54, 1.807) is 6.20 Å². The minimum atomic E-state index is -0.333. The Bertz CT molecular complexity index is 725. The molecule has 0 saturated carbocycles. The molecule has 2 atom stereocenters. The van der Waals surface area contributed by atoms with Gasteiger partial charge in [0.15, 0.2) is 0 Å². The van der Waals surface area contributed by atoms with Gasteiger partial charge in [-0.05, 0) is 67.9 Å². The third kappa shape index (κ3) is 3.55. The van der Waals surface area contributed by atoms with Crippen molar-refractivity contribution in [2.75, 3.05) is 18.4 Å². The first-order valence-corrected chi connectivity index (χ1v) is 9.73. The normalized spacial score (nSPS) is 27.9. The number of rotatable bonds is 4. The summed E-state index contributed by atoms with van der Waals surface area (Å²) in [6, 6.07) is 6.31. The van der Waals surface area contributed by atoms with Gasteiger partial charge < -0.3 is 4.74 Å². The van der Waals surface area contributed by atoms with Crippen molar-refractivity contribution < 1.29 is 9.53 Å². The molecule has 5 heterocycles. The number of aryl methyl sites for hydroxylation is 1. The molecular formula is C19H23N3O2S. The Morgan fingerprint density at radius 1 is 1.40 bits per heavy atom. The van der Waals surface area contributed by atoms with E-state index in [9.17, 15) is 4.79 Å². The fourth-order valence-electron chi connectivity index (χ4n) is 4.03. The molecule has 3 fully saturated rings. The van der Waals surface area contributed by atoms with Crippen molar-refractivity contribution in [1.82, 2.24) is 9.88 Å². The van der Waals surface area contributed by atoms with Crippen LogP contribution in [-0.4, -0.2) is 41.2 Å². The predicted octanol–water partition coefficient (Wildman–Crippen LogP) is 3.71. The van der Waals surface area contributed by atoms with Gasteiger partial charge in [-0.1, -0.05) is 6.07 Å². The zero-order chi connectivity index (χ0) is 17.2. The summed E-state index contributed by atoms with van der Waals surface area (Å²) in [5.41, 5.74) is 2.27. The van der Waals surface area contributed by atoms with Crippen LogP contribution in [-0.2, 0) is 11.2 Å². The number of amides is 1. The van der Waals surface area contributed by atoms with Crippen molar-refractivity contribution in [3.05, 3.63) is 47.1 Å². The summed E-state index contributed by atoms with van der Waals surface area (Å²) in [6.07, 6.45) is 6.42. The van der Waals surface area contributed by atoms with Crippen LogP contribution in [0.15, 0.2) is 36.0 Å². The lowest BCUT2D eigenvalue weighted by Crippen LogP contribution is -2.60. The third-order valence-electron chi connectivity index (χ3n) is 5.38. The zero-order valence-electron chi connectivity index (χ0n) is 14.4. The van der Waals surface area contributed by atoms with E-state index in [1.165, 1.54) is 16.9 Å². The molecule has 3 aliphatic rings. The maximum Gasteiger partial charge on any atom is 0.412 e. The van der Waals surface area contributed by atoms with Gasteiger partial charge >= 0.3 is 6.09 Å². The molecule has 2 bridgehead atoms. The number of carbonyl (C=O) groups is 1. The summed E-state index contributed by atoms with van der Waals surface area (Å²) in [6.45, 7) is 4.19. The van der Waals surface area contributed by atoms with Gasteiger partial charge in [-0.25, -0.2) is 4.79 Å². The minimum Gasteiger partial charge on any atom is -0.444 e. The van der Waals surface area contributed by atoms with Crippen LogP contribution < -0.4 is 5.32 Å². The Balaban J connectivity index is 1.47. The molecule has 2 aromatic rings. The van der Waals surface area contributed by atoms with Gasteiger partial charge in [0.25, 0.3) is 0 Å². The Kier molecular flexibility index (Phi) is 4.72. The molecule has 2 aromatic heterocycles. The van der Waals surface area contributed by atoms with Crippen molar-refractivity contribution in [3.8, 4) is 0 Å². The molecule has 5 rings (SSSR count). The quantitative estimate of drug-likeness (QED) is 0.906. The molecule has 3 aliphatic heterocycles. The van der Waals surface area contributed by atoms with Crippen LogP contribution in [0.4, 0.5) is 9.80 Å². The van der Waals surface area contributed by atoms with Gasteiger partial charge in [-0.3, -0.25) is 15.2 Å². The fourth-order valence-corrected chi connectivity index (χ4v) is 4.83. The largest absolute Gasteiger partial charge is 0.444 e. The van der Waals surface area contributed by atoms with E-state index in [0.29, 0.717) is 5.92 Å². The molecule has 2 unspecified atom stereocenters. The second kappa shape index (κ2) is 7.14. The standard InChI is InChI=1S/C19H23N3O2S/c1-13-6-10-25-18(13)21-19(23)24-17-15-4-8-22(9-5-15)16(17)11-14-3-2-7-20-12-14/h2-3,6-7,10,12,15-17H,4-5,8-9,11H2,1H3,(H,21,23). The number of nitrogens with one attached hydrogen (secondary N) is 1. The number of nitrogens with zero attached hydrogens (tertiary/aromatic N) is 2. The molecule has 3 saturated heterocycles. The summed E-state index contributed by atoms with van der Waals surface area (Å²) in [7, 11) is 0. The maximum absolute atomic E-state index is 12.4. The Hall–Kier alpha value is -1.92. The van der Waals surface area contributed by atoms with Crippen LogP contribution >= 0.6 is 11.3 Å². The maximum atomic E-state index is 12.4.